The topological polar surface area (TPSA) is 72.2 Å². The third-order valence-corrected chi connectivity index (χ3v) is 2.99. The summed E-state index contributed by atoms with van der Waals surface area (Å²) in [6.45, 7) is 0. The van der Waals surface area contributed by atoms with Gasteiger partial charge in [0.05, 0.1) is 4.92 Å². The number of non-ortho nitro benzene ring substituents is 1. The highest BCUT2D eigenvalue weighted by molar-refractivity contribution is 6.02. The number of hydrogen-bond acceptors (Lipinski definition) is 3. The van der Waals surface area contributed by atoms with Crippen molar-refractivity contribution in [3.63, 3.8) is 0 Å². The van der Waals surface area contributed by atoms with Crippen molar-refractivity contribution in [1.29, 1.82) is 0 Å². The minimum atomic E-state index is -2.34. The van der Waals surface area contributed by atoms with E-state index >= 15 is 0 Å². The van der Waals surface area contributed by atoms with Gasteiger partial charge in [0, 0.05) is 18.2 Å². The molecule has 1 N–H and O–H groups in total. The summed E-state index contributed by atoms with van der Waals surface area (Å²) in [5.41, 5.74) is -1.34. The van der Waals surface area contributed by atoms with Crippen LogP contribution < -0.4 is 5.32 Å². The van der Waals surface area contributed by atoms with Crippen LogP contribution in [0, 0.1) is 39.2 Å². The van der Waals surface area contributed by atoms with Crippen LogP contribution in [-0.4, -0.2) is 10.8 Å². The van der Waals surface area contributed by atoms with Crippen LogP contribution in [0.1, 0.15) is 5.56 Å². The van der Waals surface area contributed by atoms with Gasteiger partial charge in [-0.2, -0.15) is 0 Å². The maximum Gasteiger partial charge on any atom is 0.269 e. The number of anilines is 1. The predicted molar refractivity (Wildman–Crippen MR) is 77.0 cm³/mol. The highest BCUT2D eigenvalue weighted by Gasteiger charge is 2.26. The number of amides is 1. The van der Waals surface area contributed by atoms with Crippen molar-refractivity contribution in [2.75, 3.05) is 5.32 Å². The van der Waals surface area contributed by atoms with Crippen molar-refractivity contribution >= 4 is 23.4 Å². The summed E-state index contributed by atoms with van der Waals surface area (Å²) in [4.78, 5) is 21.4. The zero-order chi connectivity index (χ0) is 18.7. The summed E-state index contributed by atoms with van der Waals surface area (Å²) < 4.78 is 65.8. The summed E-state index contributed by atoms with van der Waals surface area (Å²) >= 11 is 0. The van der Waals surface area contributed by atoms with E-state index in [0.717, 1.165) is 24.3 Å². The van der Waals surface area contributed by atoms with Crippen molar-refractivity contribution in [2.24, 2.45) is 0 Å². The zero-order valence-electron chi connectivity index (χ0n) is 12.0. The first-order valence-electron chi connectivity index (χ1n) is 6.47. The minimum Gasteiger partial charge on any atom is -0.317 e. The molecule has 5 nitrogen and oxygen atoms in total. The third-order valence-electron chi connectivity index (χ3n) is 2.99. The summed E-state index contributed by atoms with van der Waals surface area (Å²) in [7, 11) is 0. The Hall–Kier alpha value is -3.30. The van der Waals surface area contributed by atoms with Gasteiger partial charge >= 0.3 is 0 Å². The molecular weight excluding hydrogens is 351 g/mol. The van der Waals surface area contributed by atoms with Crippen LogP contribution in [0.4, 0.5) is 33.3 Å². The maximum absolute atomic E-state index is 13.4. The van der Waals surface area contributed by atoms with E-state index in [9.17, 15) is 36.9 Å². The fourth-order valence-corrected chi connectivity index (χ4v) is 1.76. The molecule has 1 amide bonds. The average Bonchev–Trinajstić information content (AvgIpc) is 2.60. The van der Waals surface area contributed by atoms with Crippen molar-refractivity contribution < 1.29 is 31.7 Å². The molecule has 2 rings (SSSR count). The Bertz CT molecular complexity index is 853. The van der Waals surface area contributed by atoms with E-state index in [4.69, 9.17) is 0 Å². The summed E-state index contributed by atoms with van der Waals surface area (Å²) in [6.07, 6.45) is 1.89. The highest BCUT2D eigenvalue weighted by atomic mass is 19.2. The second kappa shape index (κ2) is 7.07. The van der Waals surface area contributed by atoms with Crippen molar-refractivity contribution in [3.8, 4) is 0 Å². The van der Waals surface area contributed by atoms with Crippen LogP contribution in [0.2, 0.25) is 0 Å². The Labute approximate surface area is 136 Å². The second-order valence-corrected chi connectivity index (χ2v) is 4.62. The van der Waals surface area contributed by atoms with Gasteiger partial charge in [-0.05, 0) is 23.8 Å². The molecule has 0 unspecified atom stereocenters. The molecule has 25 heavy (non-hydrogen) atoms. The van der Waals surface area contributed by atoms with Gasteiger partial charge in [-0.3, -0.25) is 14.9 Å². The third kappa shape index (κ3) is 3.79. The van der Waals surface area contributed by atoms with E-state index in [1.165, 1.54) is 12.1 Å². The predicted octanol–water partition coefficient (Wildman–Crippen LogP) is 3.94. The molecule has 0 saturated carbocycles. The number of nitro groups is 1. The molecule has 0 radical (unpaired) electrons. The molecule has 0 aromatic heterocycles. The molecule has 130 valence electrons. The van der Waals surface area contributed by atoms with E-state index in [1.54, 1.807) is 5.32 Å². The zero-order valence-corrected chi connectivity index (χ0v) is 12.0. The monoisotopic (exact) mass is 358 g/mol. The molecule has 0 heterocycles. The number of nitrogens with zero attached hydrogens (tertiary/aromatic N) is 1. The molecule has 2 aromatic rings. The molecule has 2 aromatic carbocycles. The van der Waals surface area contributed by atoms with Gasteiger partial charge in [-0.25, -0.2) is 22.0 Å². The lowest BCUT2D eigenvalue weighted by molar-refractivity contribution is -0.384. The van der Waals surface area contributed by atoms with Crippen molar-refractivity contribution in [3.05, 3.63) is 75.1 Å². The second-order valence-electron chi connectivity index (χ2n) is 4.62. The standard InChI is InChI=1S/C15H7F5N2O3/c16-10-11(17)13(19)15(14(20)12(10)18)21-9(23)6-3-7-1-4-8(5-2-7)22(24)25/h1-6H,(H,21,23). The number of benzene rings is 2. The first-order chi connectivity index (χ1) is 11.7. The fraction of sp³-hybridized carbons (Fsp3) is 0. The van der Waals surface area contributed by atoms with Gasteiger partial charge in [0.15, 0.2) is 23.3 Å². The number of nitrogens with one attached hydrogen (secondary N) is 1. The molecule has 0 aliphatic carbocycles. The average molecular weight is 358 g/mol. The maximum atomic E-state index is 13.4. The molecule has 0 bridgehead atoms. The Kier molecular flexibility index (Phi) is 5.11. The molecular formula is C15H7F5N2O3. The Balaban J connectivity index is 2.19. The minimum absolute atomic E-state index is 0.192. The van der Waals surface area contributed by atoms with Gasteiger partial charge in [0.25, 0.3) is 5.69 Å². The number of halogens is 5. The van der Waals surface area contributed by atoms with Crippen LogP contribution in [0.15, 0.2) is 30.3 Å². The molecule has 0 fully saturated rings. The quantitative estimate of drug-likeness (QED) is 0.225. The van der Waals surface area contributed by atoms with Gasteiger partial charge in [-0.15, -0.1) is 0 Å². The van der Waals surface area contributed by atoms with Gasteiger partial charge in [0.2, 0.25) is 11.7 Å². The van der Waals surface area contributed by atoms with E-state index in [2.05, 4.69) is 0 Å². The first kappa shape index (κ1) is 18.0. The molecule has 0 atom stereocenters. The number of nitro benzene ring substituents is 1. The Morgan fingerprint density at radius 1 is 0.920 bits per heavy atom. The molecule has 0 aliphatic rings. The van der Waals surface area contributed by atoms with E-state index in [-0.39, 0.29) is 5.69 Å². The molecule has 10 heteroatoms. The number of carbonyl (C=O) groups excluding carboxylic acids is 1. The lowest BCUT2D eigenvalue weighted by Gasteiger charge is -2.08. The van der Waals surface area contributed by atoms with Crippen LogP contribution in [0.5, 0.6) is 0 Å². The first-order valence-corrected chi connectivity index (χ1v) is 6.47. The Morgan fingerprint density at radius 2 is 1.40 bits per heavy atom. The largest absolute Gasteiger partial charge is 0.317 e. The smallest absolute Gasteiger partial charge is 0.269 e. The van der Waals surface area contributed by atoms with Crippen LogP contribution in [0.3, 0.4) is 0 Å². The van der Waals surface area contributed by atoms with E-state index in [0.29, 0.717) is 5.56 Å². The number of rotatable bonds is 4. The number of carbonyl (C=O) groups is 1. The normalized spacial score (nSPS) is 10.9. The van der Waals surface area contributed by atoms with Gasteiger partial charge in [-0.1, -0.05) is 0 Å². The van der Waals surface area contributed by atoms with Gasteiger partial charge in [0.1, 0.15) is 5.69 Å². The Morgan fingerprint density at radius 3 is 1.88 bits per heavy atom. The van der Waals surface area contributed by atoms with Crippen molar-refractivity contribution in [1.82, 2.24) is 0 Å². The lowest BCUT2D eigenvalue weighted by atomic mass is 10.2. The van der Waals surface area contributed by atoms with E-state index < -0.39 is 45.6 Å². The van der Waals surface area contributed by atoms with Crippen LogP contribution in [0.25, 0.3) is 6.08 Å². The highest BCUT2D eigenvalue weighted by Crippen LogP contribution is 2.27. The van der Waals surface area contributed by atoms with Crippen LogP contribution >= 0.6 is 0 Å². The molecule has 0 aliphatic heterocycles. The summed E-state index contributed by atoms with van der Waals surface area (Å²) in [5, 5.41) is 12.0. The fourth-order valence-electron chi connectivity index (χ4n) is 1.76. The van der Waals surface area contributed by atoms with Crippen LogP contribution in [-0.2, 0) is 4.79 Å². The summed E-state index contributed by atoms with van der Waals surface area (Å²) in [5.74, 6) is -12.2. The SMILES string of the molecule is O=C(C=Cc1ccc([N+](=O)[O-])cc1)Nc1c(F)c(F)c(F)c(F)c1F. The number of hydrogen-bond donors (Lipinski definition) is 1. The molecule has 0 spiro atoms. The summed E-state index contributed by atoms with van der Waals surface area (Å²) in [6, 6.07) is 4.89. The van der Waals surface area contributed by atoms with Gasteiger partial charge < -0.3 is 5.32 Å². The van der Waals surface area contributed by atoms with Crippen molar-refractivity contribution in [2.45, 2.75) is 0 Å². The van der Waals surface area contributed by atoms with E-state index in [1.807, 2.05) is 0 Å². The molecule has 0 saturated heterocycles. The lowest BCUT2D eigenvalue weighted by Crippen LogP contribution is -2.14.